The van der Waals surface area contributed by atoms with Crippen molar-refractivity contribution in [3.8, 4) is 11.5 Å². The Balaban J connectivity index is 2.01. The van der Waals surface area contributed by atoms with Crippen molar-refractivity contribution in [1.29, 1.82) is 0 Å². The Hall–Kier alpha value is -2.17. The van der Waals surface area contributed by atoms with E-state index < -0.39 is 42.9 Å². The molecule has 0 spiro atoms. The lowest BCUT2D eigenvalue weighted by Gasteiger charge is -2.39. The SMILES string of the molecule is Cc1cc2cc(O)cc(OC3OC(CO)C(O)C(O)C3O)c2c(=O)o1. The number of fused-ring (bicyclic) bond motifs is 1. The highest BCUT2D eigenvalue weighted by Gasteiger charge is 2.44. The van der Waals surface area contributed by atoms with Crippen molar-refractivity contribution >= 4 is 10.8 Å². The maximum Gasteiger partial charge on any atom is 0.347 e. The van der Waals surface area contributed by atoms with Gasteiger partial charge in [-0.05, 0) is 24.4 Å². The summed E-state index contributed by atoms with van der Waals surface area (Å²) >= 11 is 0. The van der Waals surface area contributed by atoms with Gasteiger partial charge in [-0.25, -0.2) is 4.79 Å². The molecular formula is C16H18O9. The molecule has 25 heavy (non-hydrogen) atoms. The average Bonchev–Trinajstić information content (AvgIpc) is 2.54. The smallest absolute Gasteiger partial charge is 0.347 e. The third-order valence-corrected chi connectivity index (χ3v) is 4.03. The van der Waals surface area contributed by atoms with E-state index in [1.165, 1.54) is 12.1 Å². The first kappa shape index (κ1) is 17.6. The number of aromatic hydroxyl groups is 1. The van der Waals surface area contributed by atoms with Gasteiger partial charge in [0.25, 0.3) is 0 Å². The van der Waals surface area contributed by atoms with Crippen LogP contribution >= 0.6 is 0 Å². The van der Waals surface area contributed by atoms with E-state index in [1.807, 2.05) is 0 Å². The lowest BCUT2D eigenvalue weighted by Crippen LogP contribution is -2.60. The van der Waals surface area contributed by atoms with Crippen molar-refractivity contribution in [3.05, 3.63) is 34.4 Å². The first-order chi connectivity index (χ1) is 11.8. The molecule has 136 valence electrons. The van der Waals surface area contributed by atoms with Crippen LogP contribution in [0.3, 0.4) is 0 Å². The molecule has 0 saturated carbocycles. The van der Waals surface area contributed by atoms with Crippen molar-refractivity contribution in [2.45, 2.75) is 37.6 Å². The van der Waals surface area contributed by atoms with Gasteiger partial charge in [-0.2, -0.15) is 0 Å². The van der Waals surface area contributed by atoms with E-state index in [1.54, 1.807) is 6.92 Å². The Bertz CT molecular complexity index is 823. The number of benzene rings is 1. The summed E-state index contributed by atoms with van der Waals surface area (Å²) in [5, 5.41) is 49.0. The third-order valence-electron chi connectivity index (χ3n) is 4.03. The van der Waals surface area contributed by atoms with Crippen LogP contribution in [0.5, 0.6) is 11.5 Å². The number of ether oxygens (including phenoxy) is 2. The van der Waals surface area contributed by atoms with Crippen molar-refractivity contribution in [3.63, 3.8) is 0 Å². The van der Waals surface area contributed by atoms with Gasteiger partial charge in [-0.3, -0.25) is 0 Å². The maximum atomic E-state index is 12.1. The second kappa shape index (κ2) is 6.62. The summed E-state index contributed by atoms with van der Waals surface area (Å²) in [6.07, 6.45) is -7.45. The van der Waals surface area contributed by atoms with Crippen LogP contribution in [-0.2, 0) is 4.74 Å². The second-order valence-electron chi connectivity index (χ2n) is 5.87. The van der Waals surface area contributed by atoms with Crippen LogP contribution < -0.4 is 10.4 Å². The number of phenolic OH excluding ortho intramolecular Hbond substituents is 1. The van der Waals surface area contributed by atoms with Gasteiger partial charge >= 0.3 is 5.63 Å². The zero-order chi connectivity index (χ0) is 18.3. The Morgan fingerprint density at radius 3 is 2.52 bits per heavy atom. The molecule has 1 saturated heterocycles. The molecule has 0 bridgehead atoms. The van der Waals surface area contributed by atoms with Gasteiger partial charge in [-0.15, -0.1) is 0 Å². The monoisotopic (exact) mass is 354 g/mol. The molecule has 0 amide bonds. The number of phenols is 1. The zero-order valence-electron chi connectivity index (χ0n) is 13.2. The van der Waals surface area contributed by atoms with Crippen LogP contribution in [0.15, 0.2) is 27.4 Å². The van der Waals surface area contributed by atoms with Gasteiger partial charge in [0.2, 0.25) is 6.29 Å². The predicted molar refractivity (Wildman–Crippen MR) is 83.3 cm³/mol. The maximum absolute atomic E-state index is 12.1. The van der Waals surface area contributed by atoms with Crippen LogP contribution in [-0.4, -0.2) is 62.8 Å². The third kappa shape index (κ3) is 3.20. The molecule has 1 aromatic carbocycles. The molecule has 3 rings (SSSR count). The molecule has 2 heterocycles. The summed E-state index contributed by atoms with van der Waals surface area (Å²) in [6.45, 7) is 0.954. The fourth-order valence-electron chi connectivity index (χ4n) is 2.78. The lowest BCUT2D eigenvalue weighted by molar-refractivity contribution is -0.277. The van der Waals surface area contributed by atoms with Crippen LogP contribution in [0.4, 0.5) is 0 Å². The Morgan fingerprint density at radius 2 is 1.84 bits per heavy atom. The Labute approximate surface area is 141 Å². The second-order valence-corrected chi connectivity index (χ2v) is 5.87. The number of aryl methyl sites for hydroxylation is 1. The van der Waals surface area contributed by atoms with E-state index in [2.05, 4.69) is 0 Å². The lowest BCUT2D eigenvalue weighted by atomic mass is 9.99. The molecule has 9 heteroatoms. The summed E-state index contributed by atoms with van der Waals surface area (Å²) < 4.78 is 15.7. The summed E-state index contributed by atoms with van der Waals surface area (Å²) in [7, 11) is 0. The van der Waals surface area contributed by atoms with Gasteiger partial charge in [-0.1, -0.05) is 0 Å². The predicted octanol–water partition coefficient (Wildman–Crippen LogP) is -1.01. The first-order valence-corrected chi connectivity index (χ1v) is 7.56. The first-order valence-electron chi connectivity index (χ1n) is 7.56. The highest BCUT2D eigenvalue weighted by Crippen LogP contribution is 2.32. The molecule has 5 N–H and O–H groups in total. The minimum atomic E-state index is -1.65. The zero-order valence-corrected chi connectivity index (χ0v) is 13.2. The normalized spacial score (nSPS) is 29.7. The van der Waals surface area contributed by atoms with E-state index in [4.69, 9.17) is 13.9 Å². The number of rotatable bonds is 3. The Kier molecular flexibility index (Phi) is 4.67. The molecule has 9 nitrogen and oxygen atoms in total. The molecule has 1 aliphatic heterocycles. The van der Waals surface area contributed by atoms with Gasteiger partial charge in [0, 0.05) is 6.07 Å². The average molecular weight is 354 g/mol. The topological polar surface area (TPSA) is 150 Å². The van der Waals surface area contributed by atoms with E-state index in [9.17, 15) is 30.3 Å². The van der Waals surface area contributed by atoms with Crippen LogP contribution in [0.1, 0.15) is 5.76 Å². The van der Waals surface area contributed by atoms with Gasteiger partial charge in [0.15, 0.2) is 0 Å². The van der Waals surface area contributed by atoms with Crippen LogP contribution in [0.2, 0.25) is 0 Å². The van der Waals surface area contributed by atoms with E-state index in [0.29, 0.717) is 11.1 Å². The Morgan fingerprint density at radius 1 is 1.12 bits per heavy atom. The fraction of sp³-hybridized carbons (Fsp3) is 0.438. The van der Waals surface area contributed by atoms with Crippen molar-refractivity contribution in [2.24, 2.45) is 0 Å². The molecule has 5 unspecified atom stereocenters. The van der Waals surface area contributed by atoms with Crippen molar-refractivity contribution in [2.75, 3.05) is 6.61 Å². The van der Waals surface area contributed by atoms with E-state index in [0.717, 1.165) is 6.07 Å². The highest BCUT2D eigenvalue weighted by molar-refractivity contribution is 5.88. The van der Waals surface area contributed by atoms with E-state index >= 15 is 0 Å². The molecule has 1 aromatic heterocycles. The molecular weight excluding hydrogens is 336 g/mol. The fourth-order valence-corrected chi connectivity index (χ4v) is 2.78. The summed E-state index contributed by atoms with van der Waals surface area (Å²) in [6, 6.07) is 4.01. The largest absolute Gasteiger partial charge is 0.508 e. The minimum absolute atomic E-state index is 0.0142. The van der Waals surface area contributed by atoms with Crippen molar-refractivity contribution in [1.82, 2.24) is 0 Å². The number of hydrogen-bond acceptors (Lipinski definition) is 9. The number of aliphatic hydroxyl groups is 4. The van der Waals surface area contributed by atoms with Crippen molar-refractivity contribution < 1.29 is 39.4 Å². The minimum Gasteiger partial charge on any atom is -0.508 e. The molecule has 0 aliphatic carbocycles. The van der Waals surface area contributed by atoms with E-state index in [-0.39, 0.29) is 16.9 Å². The molecule has 1 fully saturated rings. The summed E-state index contributed by atoms with van der Waals surface area (Å²) in [4.78, 5) is 12.1. The summed E-state index contributed by atoms with van der Waals surface area (Å²) in [5.74, 6) is 0.00654. The number of hydrogen-bond donors (Lipinski definition) is 5. The molecule has 0 radical (unpaired) electrons. The number of aliphatic hydroxyl groups excluding tert-OH is 4. The van der Waals surface area contributed by atoms with Crippen LogP contribution in [0, 0.1) is 6.92 Å². The molecule has 2 aromatic rings. The highest BCUT2D eigenvalue weighted by atomic mass is 16.7. The molecule has 5 atom stereocenters. The van der Waals surface area contributed by atoms with Gasteiger partial charge in [0.05, 0.1) is 6.61 Å². The molecule has 1 aliphatic rings. The van der Waals surface area contributed by atoms with Gasteiger partial charge in [0.1, 0.15) is 47.1 Å². The summed E-state index contributed by atoms with van der Waals surface area (Å²) in [5.41, 5.74) is -0.713. The standard InChI is InChI=1S/C16H18O9/c1-6-2-7-3-8(18)4-9(11(7)15(22)23-6)24-16-14(21)13(20)12(19)10(5-17)25-16/h2-4,10,12-14,16-21H,5H2,1H3. The quantitative estimate of drug-likeness (QED) is 0.467. The van der Waals surface area contributed by atoms with Gasteiger partial charge < -0.3 is 39.4 Å². The van der Waals surface area contributed by atoms with Crippen LogP contribution in [0.25, 0.3) is 10.8 Å².